The van der Waals surface area contributed by atoms with Crippen molar-refractivity contribution in [1.82, 2.24) is 20.2 Å². The predicted octanol–water partition coefficient (Wildman–Crippen LogP) is 1.16. The van der Waals surface area contributed by atoms with Gasteiger partial charge in [0.05, 0.1) is 5.56 Å². The smallest absolute Gasteiger partial charge is 0.272 e. The number of nitrogens with zero attached hydrogens (tertiary/aromatic N) is 3. The van der Waals surface area contributed by atoms with Crippen LogP contribution in [0.25, 0.3) is 0 Å². The van der Waals surface area contributed by atoms with Crippen molar-refractivity contribution in [2.75, 3.05) is 25.5 Å². The number of hydrogen-bond acceptors (Lipinski definition) is 5. The molecule has 7 heteroatoms. The summed E-state index contributed by atoms with van der Waals surface area (Å²) < 4.78 is 0. The molecule has 0 radical (unpaired) electrons. The van der Waals surface area contributed by atoms with E-state index >= 15 is 0 Å². The molecule has 1 aliphatic heterocycles. The highest BCUT2D eigenvalue weighted by Gasteiger charge is 2.28. The summed E-state index contributed by atoms with van der Waals surface area (Å²) in [5.41, 5.74) is 0.941. The van der Waals surface area contributed by atoms with Crippen LogP contribution in [0.2, 0.25) is 0 Å². The number of amides is 2. The Hall–Kier alpha value is -2.96. The first-order chi connectivity index (χ1) is 11.7. The Morgan fingerprint density at radius 2 is 2.00 bits per heavy atom. The van der Waals surface area contributed by atoms with Crippen molar-refractivity contribution < 1.29 is 9.59 Å². The van der Waals surface area contributed by atoms with E-state index in [1.165, 1.54) is 0 Å². The van der Waals surface area contributed by atoms with E-state index in [0.29, 0.717) is 30.2 Å². The number of carbonyl (C=O) groups is 2. The molecule has 2 aromatic heterocycles. The third-order valence-corrected chi connectivity index (χ3v) is 3.98. The van der Waals surface area contributed by atoms with E-state index in [1.54, 1.807) is 54.7 Å². The van der Waals surface area contributed by atoms with Gasteiger partial charge in [0.25, 0.3) is 11.8 Å². The van der Waals surface area contributed by atoms with Gasteiger partial charge in [-0.1, -0.05) is 6.07 Å². The number of likely N-dealkylation sites (tertiary alicyclic amines) is 1. The van der Waals surface area contributed by atoms with Gasteiger partial charge < -0.3 is 15.5 Å². The molecule has 0 saturated carbocycles. The molecule has 7 nitrogen and oxygen atoms in total. The second-order valence-electron chi connectivity index (χ2n) is 5.57. The fourth-order valence-electron chi connectivity index (χ4n) is 2.75. The molecule has 3 heterocycles. The van der Waals surface area contributed by atoms with Gasteiger partial charge in [-0.3, -0.25) is 14.6 Å². The minimum absolute atomic E-state index is 0.0518. The number of anilines is 1. The second-order valence-corrected chi connectivity index (χ2v) is 5.57. The number of nitrogens with one attached hydrogen (secondary N) is 2. The summed E-state index contributed by atoms with van der Waals surface area (Å²) in [4.78, 5) is 34.4. The summed E-state index contributed by atoms with van der Waals surface area (Å²) >= 11 is 0. The van der Waals surface area contributed by atoms with E-state index in [0.717, 1.165) is 6.42 Å². The highest BCUT2D eigenvalue weighted by molar-refractivity contribution is 5.98. The molecule has 2 N–H and O–H groups in total. The van der Waals surface area contributed by atoms with E-state index in [1.807, 2.05) is 0 Å². The van der Waals surface area contributed by atoms with Crippen LogP contribution < -0.4 is 10.6 Å². The maximum atomic E-state index is 12.4. The summed E-state index contributed by atoms with van der Waals surface area (Å²) in [6, 6.07) is 8.80. The molecule has 2 aromatic rings. The van der Waals surface area contributed by atoms with Crippen molar-refractivity contribution in [3.63, 3.8) is 0 Å². The fraction of sp³-hybridized carbons (Fsp3) is 0.294. The lowest BCUT2D eigenvalue weighted by atomic mass is 10.2. The van der Waals surface area contributed by atoms with Crippen molar-refractivity contribution in [2.45, 2.75) is 12.5 Å². The van der Waals surface area contributed by atoms with Crippen molar-refractivity contribution >= 4 is 17.6 Å². The summed E-state index contributed by atoms with van der Waals surface area (Å²) in [5, 5.41) is 5.88. The molecule has 1 fully saturated rings. The largest absolute Gasteiger partial charge is 0.365 e. The zero-order valence-electron chi connectivity index (χ0n) is 13.4. The van der Waals surface area contributed by atoms with Gasteiger partial charge in [-0.05, 0) is 30.7 Å². The van der Waals surface area contributed by atoms with Crippen molar-refractivity contribution in [3.8, 4) is 0 Å². The lowest BCUT2D eigenvalue weighted by molar-refractivity contribution is 0.0785. The molecular weight excluding hydrogens is 306 g/mol. The molecule has 0 bridgehead atoms. The van der Waals surface area contributed by atoms with Crippen LogP contribution >= 0.6 is 0 Å². The lowest BCUT2D eigenvalue weighted by Crippen LogP contribution is -2.32. The van der Waals surface area contributed by atoms with Gasteiger partial charge in [0.1, 0.15) is 11.5 Å². The van der Waals surface area contributed by atoms with Gasteiger partial charge in [0.2, 0.25) is 0 Å². The third-order valence-electron chi connectivity index (χ3n) is 3.98. The maximum absolute atomic E-state index is 12.4. The van der Waals surface area contributed by atoms with Crippen molar-refractivity contribution in [3.05, 3.63) is 54.0 Å². The Morgan fingerprint density at radius 3 is 2.75 bits per heavy atom. The van der Waals surface area contributed by atoms with Crippen molar-refractivity contribution in [2.24, 2.45) is 0 Å². The molecular formula is C17H19N5O2. The standard InChI is InChI=1S/C17H19N5O2/c1-18-16(23)13-5-4-9-20-15(13)21-12-7-10-22(11-12)17(24)14-6-2-3-8-19-14/h2-6,8-9,12H,7,10-11H2,1H3,(H,18,23)(H,20,21). The van der Waals surface area contributed by atoms with Gasteiger partial charge in [0.15, 0.2) is 0 Å². The fourth-order valence-corrected chi connectivity index (χ4v) is 2.75. The average molecular weight is 325 g/mol. The first kappa shape index (κ1) is 15.9. The Labute approximate surface area is 140 Å². The Morgan fingerprint density at radius 1 is 1.17 bits per heavy atom. The number of carbonyl (C=O) groups excluding carboxylic acids is 2. The van der Waals surface area contributed by atoms with Crippen LogP contribution in [0.15, 0.2) is 42.7 Å². The first-order valence-corrected chi connectivity index (χ1v) is 7.83. The van der Waals surface area contributed by atoms with Crippen LogP contribution in [-0.2, 0) is 0 Å². The lowest BCUT2D eigenvalue weighted by Gasteiger charge is -2.18. The number of hydrogen-bond donors (Lipinski definition) is 2. The van der Waals surface area contributed by atoms with Gasteiger partial charge >= 0.3 is 0 Å². The van der Waals surface area contributed by atoms with Crippen molar-refractivity contribution in [1.29, 1.82) is 0 Å². The minimum Gasteiger partial charge on any atom is -0.365 e. The maximum Gasteiger partial charge on any atom is 0.272 e. The third kappa shape index (κ3) is 3.34. The SMILES string of the molecule is CNC(=O)c1cccnc1NC1CCN(C(=O)c2ccccn2)C1. The van der Waals surface area contributed by atoms with Crippen LogP contribution in [0.4, 0.5) is 5.82 Å². The van der Waals surface area contributed by atoms with Crippen LogP contribution in [0, 0.1) is 0 Å². The summed E-state index contributed by atoms with van der Waals surface area (Å²) in [6.45, 7) is 1.20. The molecule has 0 aliphatic carbocycles. The second kappa shape index (κ2) is 7.08. The molecule has 124 valence electrons. The highest BCUT2D eigenvalue weighted by atomic mass is 16.2. The molecule has 2 amide bonds. The molecule has 1 atom stereocenters. The number of pyridine rings is 2. The van der Waals surface area contributed by atoms with Crippen LogP contribution in [0.1, 0.15) is 27.3 Å². The molecule has 1 aliphatic rings. The average Bonchev–Trinajstić information content (AvgIpc) is 3.10. The van der Waals surface area contributed by atoms with E-state index < -0.39 is 0 Å². The molecule has 1 unspecified atom stereocenters. The summed E-state index contributed by atoms with van der Waals surface area (Å²) in [5.74, 6) is 0.270. The van der Waals surface area contributed by atoms with E-state index in [9.17, 15) is 9.59 Å². The highest BCUT2D eigenvalue weighted by Crippen LogP contribution is 2.19. The number of rotatable bonds is 4. The molecule has 1 saturated heterocycles. The zero-order valence-corrected chi connectivity index (χ0v) is 13.4. The van der Waals surface area contributed by atoms with Gasteiger partial charge in [-0.2, -0.15) is 0 Å². The molecule has 24 heavy (non-hydrogen) atoms. The Balaban J connectivity index is 1.67. The molecule has 3 rings (SSSR count). The first-order valence-electron chi connectivity index (χ1n) is 7.83. The van der Waals surface area contributed by atoms with Gasteiger partial charge in [-0.15, -0.1) is 0 Å². The summed E-state index contributed by atoms with van der Waals surface area (Å²) in [6.07, 6.45) is 4.05. The normalized spacial score (nSPS) is 16.7. The zero-order chi connectivity index (χ0) is 16.9. The number of aromatic nitrogens is 2. The van der Waals surface area contributed by atoms with Gasteiger partial charge in [-0.25, -0.2) is 4.98 Å². The van der Waals surface area contributed by atoms with Gasteiger partial charge in [0, 0.05) is 38.6 Å². The van der Waals surface area contributed by atoms with Crippen LogP contribution in [-0.4, -0.2) is 52.9 Å². The monoisotopic (exact) mass is 325 g/mol. The predicted molar refractivity (Wildman–Crippen MR) is 89.8 cm³/mol. The minimum atomic E-state index is -0.190. The summed E-state index contributed by atoms with van der Waals surface area (Å²) in [7, 11) is 1.59. The quantitative estimate of drug-likeness (QED) is 0.881. The Bertz CT molecular complexity index is 735. The Kier molecular flexibility index (Phi) is 4.69. The topological polar surface area (TPSA) is 87.2 Å². The molecule has 0 spiro atoms. The molecule has 0 aromatic carbocycles. The van der Waals surface area contributed by atoms with E-state index in [4.69, 9.17) is 0 Å². The van der Waals surface area contributed by atoms with E-state index in [-0.39, 0.29) is 17.9 Å². The van der Waals surface area contributed by atoms with Crippen LogP contribution in [0.3, 0.4) is 0 Å². The van der Waals surface area contributed by atoms with Crippen LogP contribution in [0.5, 0.6) is 0 Å². The van der Waals surface area contributed by atoms with E-state index in [2.05, 4.69) is 20.6 Å².